The minimum absolute atomic E-state index is 0.127. The van der Waals surface area contributed by atoms with E-state index in [0.717, 1.165) is 17.6 Å². The van der Waals surface area contributed by atoms with Gasteiger partial charge >= 0.3 is 11.9 Å². The van der Waals surface area contributed by atoms with Crippen molar-refractivity contribution in [2.45, 2.75) is 45.3 Å². The fourth-order valence-electron chi connectivity index (χ4n) is 3.26. The van der Waals surface area contributed by atoms with Crippen molar-refractivity contribution >= 4 is 11.9 Å². The Kier molecular flexibility index (Phi) is 6.94. The van der Waals surface area contributed by atoms with E-state index in [1.54, 1.807) is 13.0 Å². The standard InChI is InChI=1S/C20H26O6/c1-4-15(11-22)20(24)26-16-8-12(2)6-5-7-14(10-21)9-17-18(16)13(3)19(23)25-17/h4,6,9,16-18,21-22H,3,5,7-8,10-11H2,1-2H3/b12-6+,14-9-,15-4-/t16-,17?,18+/m0/s1. The zero-order chi connectivity index (χ0) is 19.3. The Balaban J connectivity index is 2.39. The smallest absolute Gasteiger partial charge is 0.336 e. The second-order valence-electron chi connectivity index (χ2n) is 6.61. The quantitative estimate of drug-likeness (QED) is 0.451. The zero-order valence-electron chi connectivity index (χ0n) is 15.2. The van der Waals surface area contributed by atoms with Gasteiger partial charge in [0.2, 0.25) is 0 Å². The fraction of sp³-hybridized carbons (Fsp3) is 0.500. The van der Waals surface area contributed by atoms with Crippen molar-refractivity contribution in [1.82, 2.24) is 0 Å². The van der Waals surface area contributed by atoms with Crippen LogP contribution in [0.5, 0.6) is 0 Å². The topological polar surface area (TPSA) is 93.1 Å². The molecule has 0 saturated carbocycles. The van der Waals surface area contributed by atoms with Crippen molar-refractivity contribution in [2.24, 2.45) is 5.92 Å². The summed E-state index contributed by atoms with van der Waals surface area (Å²) in [6.45, 7) is 6.85. The molecule has 1 fully saturated rings. The second kappa shape index (κ2) is 8.96. The maximum atomic E-state index is 12.3. The van der Waals surface area contributed by atoms with Crippen LogP contribution in [0.4, 0.5) is 0 Å². The third-order valence-electron chi connectivity index (χ3n) is 4.79. The van der Waals surface area contributed by atoms with Crippen LogP contribution < -0.4 is 0 Å². The average Bonchev–Trinajstić information content (AvgIpc) is 2.88. The number of aliphatic hydroxyl groups is 2. The van der Waals surface area contributed by atoms with Gasteiger partial charge in [-0.1, -0.05) is 24.3 Å². The lowest BCUT2D eigenvalue weighted by Crippen LogP contribution is -2.34. The summed E-state index contributed by atoms with van der Waals surface area (Å²) in [5.41, 5.74) is 2.19. The first kappa shape index (κ1) is 20.1. The second-order valence-corrected chi connectivity index (χ2v) is 6.61. The van der Waals surface area contributed by atoms with E-state index in [1.807, 2.05) is 13.0 Å². The molecule has 6 nitrogen and oxygen atoms in total. The minimum atomic E-state index is -0.654. The molecule has 0 radical (unpaired) electrons. The lowest BCUT2D eigenvalue weighted by atomic mass is 9.85. The molecule has 6 heteroatoms. The number of carbonyl (C=O) groups is 2. The normalized spacial score (nSPS) is 31.2. The molecule has 0 aromatic carbocycles. The van der Waals surface area contributed by atoms with E-state index < -0.39 is 36.7 Å². The molecule has 1 heterocycles. The summed E-state index contributed by atoms with van der Waals surface area (Å²) in [6.07, 6.45) is 5.82. The largest absolute Gasteiger partial charge is 0.458 e. The minimum Gasteiger partial charge on any atom is -0.458 e. The van der Waals surface area contributed by atoms with Gasteiger partial charge in [-0.15, -0.1) is 0 Å². The van der Waals surface area contributed by atoms with Crippen LogP contribution in [-0.2, 0) is 19.1 Å². The van der Waals surface area contributed by atoms with E-state index in [4.69, 9.17) is 9.47 Å². The number of carbonyl (C=O) groups excluding carboxylic acids is 2. The molecular formula is C20H26O6. The maximum Gasteiger partial charge on any atom is 0.336 e. The Hall–Kier alpha value is -2.18. The highest BCUT2D eigenvalue weighted by atomic mass is 16.6. The summed E-state index contributed by atoms with van der Waals surface area (Å²) in [5, 5.41) is 18.9. The molecule has 0 spiro atoms. The summed E-state index contributed by atoms with van der Waals surface area (Å²) in [5.74, 6) is -1.68. The predicted molar refractivity (Wildman–Crippen MR) is 96.0 cm³/mol. The van der Waals surface area contributed by atoms with Crippen LogP contribution in [-0.4, -0.2) is 47.6 Å². The number of ether oxygens (including phenoxy) is 2. The van der Waals surface area contributed by atoms with E-state index in [1.165, 1.54) is 6.08 Å². The molecule has 1 aliphatic heterocycles. The van der Waals surface area contributed by atoms with Gasteiger partial charge in [-0.3, -0.25) is 0 Å². The van der Waals surface area contributed by atoms with Crippen molar-refractivity contribution in [3.05, 3.63) is 47.1 Å². The Morgan fingerprint density at radius 3 is 2.81 bits per heavy atom. The molecule has 1 saturated heterocycles. The molecule has 2 aliphatic rings. The highest BCUT2D eigenvalue weighted by Gasteiger charge is 2.44. The van der Waals surface area contributed by atoms with Crippen LogP contribution in [0.15, 0.2) is 47.1 Å². The molecule has 2 N–H and O–H groups in total. The van der Waals surface area contributed by atoms with Crippen LogP contribution in [0.2, 0.25) is 0 Å². The molecule has 142 valence electrons. The van der Waals surface area contributed by atoms with Crippen LogP contribution in [0.3, 0.4) is 0 Å². The van der Waals surface area contributed by atoms with E-state index in [2.05, 4.69) is 6.58 Å². The van der Waals surface area contributed by atoms with Gasteiger partial charge < -0.3 is 19.7 Å². The van der Waals surface area contributed by atoms with E-state index in [0.29, 0.717) is 12.8 Å². The number of rotatable bonds is 4. The summed E-state index contributed by atoms with van der Waals surface area (Å²) < 4.78 is 11.0. The van der Waals surface area contributed by atoms with Crippen molar-refractivity contribution in [1.29, 1.82) is 0 Å². The van der Waals surface area contributed by atoms with Gasteiger partial charge in [0.15, 0.2) is 0 Å². The van der Waals surface area contributed by atoms with Crippen molar-refractivity contribution < 1.29 is 29.3 Å². The Morgan fingerprint density at radius 2 is 2.19 bits per heavy atom. The first-order chi connectivity index (χ1) is 12.4. The molecule has 1 aliphatic carbocycles. The van der Waals surface area contributed by atoms with Gasteiger partial charge in [0.25, 0.3) is 0 Å². The Labute approximate surface area is 153 Å². The SMILES string of the molecule is C=C1C(=O)OC2/C=C(\CO)CC/C=C(\C)C[C@H](OC(=O)/C(=C\C)CO)[C@@H]12. The van der Waals surface area contributed by atoms with Crippen molar-refractivity contribution in [3.63, 3.8) is 0 Å². The zero-order valence-corrected chi connectivity index (χ0v) is 15.2. The van der Waals surface area contributed by atoms with E-state index in [-0.39, 0.29) is 17.8 Å². The van der Waals surface area contributed by atoms with Crippen LogP contribution in [0, 0.1) is 5.92 Å². The molecule has 2 rings (SSSR count). The lowest BCUT2D eigenvalue weighted by Gasteiger charge is -2.27. The predicted octanol–water partition coefficient (Wildman–Crippen LogP) is 1.98. The average molecular weight is 362 g/mol. The highest BCUT2D eigenvalue weighted by molar-refractivity contribution is 5.92. The van der Waals surface area contributed by atoms with Crippen LogP contribution in [0.1, 0.15) is 33.1 Å². The lowest BCUT2D eigenvalue weighted by molar-refractivity contribution is -0.147. The van der Waals surface area contributed by atoms with Crippen molar-refractivity contribution in [3.8, 4) is 0 Å². The number of fused-ring (bicyclic) bond motifs is 1. The van der Waals surface area contributed by atoms with Gasteiger partial charge in [-0.25, -0.2) is 9.59 Å². The van der Waals surface area contributed by atoms with Gasteiger partial charge in [0.1, 0.15) is 12.2 Å². The van der Waals surface area contributed by atoms with Gasteiger partial charge in [0.05, 0.1) is 24.7 Å². The highest BCUT2D eigenvalue weighted by Crippen LogP contribution is 2.36. The molecule has 0 bridgehead atoms. The Morgan fingerprint density at radius 1 is 1.46 bits per heavy atom. The summed E-state index contributed by atoms with van der Waals surface area (Å²) >= 11 is 0. The van der Waals surface area contributed by atoms with Gasteiger partial charge in [-0.2, -0.15) is 0 Å². The summed E-state index contributed by atoms with van der Waals surface area (Å²) in [4.78, 5) is 24.4. The Bertz CT molecular complexity index is 670. The monoisotopic (exact) mass is 362 g/mol. The van der Waals surface area contributed by atoms with Gasteiger partial charge in [-0.05, 0) is 38.3 Å². The van der Waals surface area contributed by atoms with Crippen molar-refractivity contribution in [2.75, 3.05) is 13.2 Å². The summed E-state index contributed by atoms with van der Waals surface area (Å²) in [6, 6.07) is 0. The first-order valence-corrected chi connectivity index (χ1v) is 8.74. The molecule has 1 unspecified atom stereocenters. The van der Waals surface area contributed by atoms with E-state index >= 15 is 0 Å². The maximum absolute atomic E-state index is 12.3. The molecule has 0 amide bonds. The van der Waals surface area contributed by atoms with Crippen LogP contribution in [0.25, 0.3) is 0 Å². The number of esters is 2. The van der Waals surface area contributed by atoms with Crippen LogP contribution >= 0.6 is 0 Å². The first-order valence-electron chi connectivity index (χ1n) is 8.74. The molecule has 0 aromatic heterocycles. The van der Waals surface area contributed by atoms with Gasteiger partial charge in [0, 0.05) is 12.0 Å². The third-order valence-corrected chi connectivity index (χ3v) is 4.79. The molecule has 26 heavy (non-hydrogen) atoms. The fourth-order valence-corrected chi connectivity index (χ4v) is 3.26. The molecular weight excluding hydrogens is 336 g/mol. The number of allylic oxidation sites excluding steroid dienone is 2. The summed E-state index contributed by atoms with van der Waals surface area (Å²) in [7, 11) is 0. The molecule has 0 aromatic rings. The molecule has 3 atom stereocenters. The third kappa shape index (κ3) is 4.51. The van der Waals surface area contributed by atoms with E-state index in [9.17, 15) is 19.8 Å². The number of hydrogen-bond acceptors (Lipinski definition) is 6. The number of aliphatic hydroxyl groups excluding tert-OH is 2. The number of hydrogen-bond donors (Lipinski definition) is 2.